The topological polar surface area (TPSA) is 63.2 Å². The van der Waals surface area contributed by atoms with Gasteiger partial charge in [-0.15, -0.1) is 0 Å². The summed E-state index contributed by atoms with van der Waals surface area (Å²) < 4.78 is 0. The van der Waals surface area contributed by atoms with Gasteiger partial charge in [0.1, 0.15) is 0 Å². The molecule has 0 aliphatic heterocycles. The third-order valence-electron chi connectivity index (χ3n) is 0. The Kier molecular flexibility index (Phi) is 24.4. The van der Waals surface area contributed by atoms with Gasteiger partial charge in [0, 0.05) is 0 Å². The molecule has 0 atom stereocenters. The van der Waals surface area contributed by atoms with Gasteiger partial charge in [-0.2, -0.15) is 0 Å². The van der Waals surface area contributed by atoms with Crippen LogP contribution < -0.4 is 10.2 Å². The molecular weight excluding hydrogens is 333 g/mol. The molecule has 3 nitrogen and oxygen atoms in total. The summed E-state index contributed by atoms with van der Waals surface area (Å²) in [4.78, 5) is 8.33. The number of hydrogen-bond acceptors (Lipinski definition) is 3. The van der Waals surface area contributed by atoms with Crippen molar-refractivity contribution < 1.29 is 32.1 Å². The van der Waals surface area contributed by atoms with Crippen molar-refractivity contribution in [2.45, 2.75) is 0 Å². The van der Waals surface area contributed by atoms with E-state index in [4.69, 9.17) is 15.0 Å². The molecular formula is CBiCuO3+3. The summed E-state index contributed by atoms with van der Waals surface area (Å²) in [6.07, 6.45) is -2.33. The molecule has 0 aliphatic carbocycles. The summed E-state index contributed by atoms with van der Waals surface area (Å²) in [6, 6.07) is 0. The Hall–Kier alpha value is 0.673. The summed E-state index contributed by atoms with van der Waals surface area (Å²) in [7, 11) is 0. The Bertz CT molecular complexity index is 33.8. The minimum atomic E-state index is -2.33. The third kappa shape index (κ3) is 139. The summed E-state index contributed by atoms with van der Waals surface area (Å²) in [5, 5.41) is 16.7. The maximum Gasteiger partial charge on any atom is 3.00 e. The van der Waals surface area contributed by atoms with Crippen molar-refractivity contribution in [3.63, 3.8) is 0 Å². The van der Waals surface area contributed by atoms with Gasteiger partial charge in [0.15, 0.2) is 0 Å². The van der Waals surface area contributed by atoms with Crippen LogP contribution in [0.2, 0.25) is 0 Å². The van der Waals surface area contributed by atoms with Crippen LogP contribution in [0.5, 0.6) is 0 Å². The van der Waals surface area contributed by atoms with E-state index < -0.39 is 6.16 Å². The molecule has 0 bridgehead atoms. The van der Waals surface area contributed by atoms with Gasteiger partial charge in [-0.25, -0.2) is 0 Å². The van der Waals surface area contributed by atoms with Crippen molar-refractivity contribution in [1.82, 2.24) is 0 Å². The van der Waals surface area contributed by atoms with Gasteiger partial charge in [-0.1, -0.05) is 0 Å². The predicted molar refractivity (Wildman–Crippen MR) is 11.1 cm³/mol. The molecule has 0 aromatic heterocycles. The Labute approximate surface area is 64.3 Å². The molecule has 6 heavy (non-hydrogen) atoms. The maximum absolute atomic E-state index is 8.33. The van der Waals surface area contributed by atoms with E-state index in [0.717, 1.165) is 0 Å². The average molecular weight is 333 g/mol. The fourth-order valence-electron chi connectivity index (χ4n) is 0. The van der Waals surface area contributed by atoms with Crippen molar-refractivity contribution in [2.24, 2.45) is 0 Å². The van der Waals surface area contributed by atoms with Crippen molar-refractivity contribution in [2.75, 3.05) is 0 Å². The van der Waals surface area contributed by atoms with Gasteiger partial charge in [0.2, 0.25) is 0 Å². The zero-order valence-corrected chi connectivity index (χ0v) is 6.89. The Morgan fingerprint density at radius 1 is 1.33 bits per heavy atom. The van der Waals surface area contributed by atoms with Crippen molar-refractivity contribution in [1.29, 1.82) is 0 Å². The number of hydrogen-bond donors (Lipinski definition) is 0. The minimum absolute atomic E-state index is 0. The molecule has 0 N–H and O–H groups in total. The molecule has 0 unspecified atom stereocenters. The normalized spacial score (nSPS) is 4.00. The van der Waals surface area contributed by atoms with E-state index in [2.05, 4.69) is 0 Å². The molecule has 0 aliphatic rings. The number of carbonyl (C=O) groups is 1. The van der Waals surface area contributed by atoms with Crippen LogP contribution in [0.1, 0.15) is 0 Å². The molecule has 0 amide bonds. The summed E-state index contributed by atoms with van der Waals surface area (Å²) in [5.74, 6) is 0. The number of carbonyl (C=O) groups excluding carboxylic acids is 1. The molecule has 35 valence electrons. The molecule has 0 saturated carbocycles. The van der Waals surface area contributed by atoms with Crippen LogP contribution in [0.4, 0.5) is 4.79 Å². The van der Waals surface area contributed by atoms with Crippen molar-refractivity contribution in [3.05, 3.63) is 0 Å². The quantitative estimate of drug-likeness (QED) is 0.449. The fourth-order valence-corrected chi connectivity index (χ4v) is 0. The summed E-state index contributed by atoms with van der Waals surface area (Å²) >= 11 is 0. The smallest absolute Gasteiger partial charge is 0.652 e. The monoisotopic (exact) mass is 332 g/mol. The molecule has 5 heteroatoms. The average Bonchev–Trinajstić information content (AvgIpc) is 0.811. The maximum atomic E-state index is 8.33. The molecule has 0 spiro atoms. The van der Waals surface area contributed by atoms with E-state index in [1.54, 1.807) is 0 Å². The van der Waals surface area contributed by atoms with Gasteiger partial charge < -0.3 is 15.0 Å². The first-order valence-corrected chi connectivity index (χ1v) is 0.612. The van der Waals surface area contributed by atoms with Gasteiger partial charge in [0.05, 0.1) is 0 Å². The first-order chi connectivity index (χ1) is 1.73. The van der Waals surface area contributed by atoms with E-state index in [9.17, 15) is 0 Å². The van der Waals surface area contributed by atoms with Crippen LogP contribution in [-0.4, -0.2) is 32.4 Å². The first-order valence-electron chi connectivity index (χ1n) is 0.612. The molecule has 0 heterocycles. The van der Waals surface area contributed by atoms with Gasteiger partial charge in [-0.05, 0) is 6.16 Å². The summed E-state index contributed by atoms with van der Waals surface area (Å²) in [6.45, 7) is 0. The second-order valence-corrected chi connectivity index (χ2v) is 0.250. The zero-order chi connectivity index (χ0) is 3.58. The van der Waals surface area contributed by atoms with Crippen molar-refractivity contribution >= 4 is 32.4 Å². The first kappa shape index (κ1) is 15.9. The van der Waals surface area contributed by atoms with Gasteiger partial charge in [-0.3, -0.25) is 0 Å². The second-order valence-electron chi connectivity index (χ2n) is 0.250. The van der Waals surface area contributed by atoms with Crippen LogP contribution >= 0.6 is 0 Å². The van der Waals surface area contributed by atoms with E-state index >= 15 is 0 Å². The van der Waals surface area contributed by atoms with Crippen LogP contribution in [-0.2, 0) is 17.1 Å². The van der Waals surface area contributed by atoms with E-state index in [0.29, 0.717) is 0 Å². The Morgan fingerprint density at radius 2 is 1.33 bits per heavy atom. The van der Waals surface area contributed by atoms with Crippen LogP contribution in [0.15, 0.2) is 0 Å². The van der Waals surface area contributed by atoms with E-state index in [1.807, 2.05) is 0 Å². The molecule has 3 radical (unpaired) electrons. The Balaban J connectivity index is -0.0000000450. The SMILES string of the molecule is O=C([O-])[O-].[Bi+3].[Cu+2]. The van der Waals surface area contributed by atoms with E-state index in [1.165, 1.54) is 0 Å². The standard InChI is InChI=1S/CH2O3.Bi.Cu/c2-1(3)4;;/h(H2,2,3,4);;/q;+3;+2/p-2. The van der Waals surface area contributed by atoms with Crippen molar-refractivity contribution in [3.8, 4) is 0 Å². The molecule has 0 aromatic rings. The molecule has 0 saturated heterocycles. The minimum Gasteiger partial charge on any atom is -0.652 e. The third-order valence-corrected chi connectivity index (χ3v) is 0. The fraction of sp³-hybridized carbons (Fsp3) is 0. The summed E-state index contributed by atoms with van der Waals surface area (Å²) in [5.41, 5.74) is 0. The zero-order valence-electron chi connectivity index (χ0n) is 2.47. The predicted octanol–water partition coefficient (Wildman–Crippen LogP) is -2.83. The Morgan fingerprint density at radius 3 is 1.33 bits per heavy atom. The number of rotatable bonds is 0. The van der Waals surface area contributed by atoms with Gasteiger partial charge in [0.25, 0.3) is 0 Å². The van der Waals surface area contributed by atoms with Crippen LogP contribution in [0.3, 0.4) is 0 Å². The second kappa shape index (κ2) is 9.18. The molecule has 0 aromatic carbocycles. The van der Waals surface area contributed by atoms with Crippen LogP contribution in [0.25, 0.3) is 0 Å². The largest absolute Gasteiger partial charge is 3.00 e. The molecule has 0 rings (SSSR count). The van der Waals surface area contributed by atoms with Crippen LogP contribution in [0, 0.1) is 0 Å². The van der Waals surface area contributed by atoms with E-state index in [-0.39, 0.29) is 43.3 Å². The molecule has 0 fully saturated rings. The van der Waals surface area contributed by atoms with Gasteiger partial charge >= 0.3 is 43.3 Å². The number of carboxylic acid groups (broad SMARTS) is 2.